The molecule has 7 heteroatoms. The van der Waals surface area contributed by atoms with Crippen LogP contribution >= 0.6 is 0 Å². The van der Waals surface area contributed by atoms with Crippen molar-refractivity contribution in [3.05, 3.63) is 35.4 Å². The number of guanidine groups is 1. The number of rotatable bonds is 8. The van der Waals surface area contributed by atoms with Crippen LogP contribution < -0.4 is 10.6 Å². The van der Waals surface area contributed by atoms with Crippen molar-refractivity contribution in [3.63, 3.8) is 0 Å². The Labute approximate surface area is 177 Å². The van der Waals surface area contributed by atoms with E-state index in [1.807, 2.05) is 6.92 Å². The van der Waals surface area contributed by atoms with Gasteiger partial charge in [0.15, 0.2) is 15.8 Å². The van der Waals surface area contributed by atoms with Crippen LogP contribution in [0.15, 0.2) is 29.3 Å². The molecule has 0 aliphatic carbocycles. The molecule has 1 aliphatic heterocycles. The molecule has 0 aromatic heterocycles. The molecule has 0 atom stereocenters. The van der Waals surface area contributed by atoms with E-state index in [0.29, 0.717) is 19.0 Å². The largest absolute Gasteiger partial charge is 0.357 e. The molecule has 1 fully saturated rings. The van der Waals surface area contributed by atoms with Crippen molar-refractivity contribution in [2.24, 2.45) is 4.99 Å². The Morgan fingerprint density at radius 2 is 1.66 bits per heavy atom. The number of benzene rings is 1. The molecule has 0 radical (unpaired) electrons. The summed E-state index contributed by atoms with van der Waals surface area (Å²) in [6.45, 7) is 12.3. The van der Waals surface area contributed by atoms with Crippen LogP contribution in [-0.2, 0) is 22.9 Å². The highest BCUT2D eigenvalue weighted by molar-refractivity contribution is 7.92. The van der Waals surface area contributed by atoms with Gasteiger partial charge in [-0.1, -0.05) is 30.7 Å². The molecule has 6 nitrogen and oxygen atoms in total. The standard InChI is InChI=1S/C22H38N4O2S/c1-5-23-21(24-13-16-29(27,28)22(2,3)4)25-17-19-9-11-20(12-10-19)18-26-14-7-6-8-15-26/h9-12H,5-8,13-18H2,1-4H3,(H2,23,24,25). The van der Waals surface area contributed by atoms with Crippen molar-refractivity contribution in [1.29, 1.82) is 0 Å². The second kappa shape index (κ2) is 11.0. The molecular formula is C22H38N4O2S. The molecule has 164 valence electrons. The number of sulfone groups is 1. The number of likely N-dealkylation sites (tertiary alicyclic amines) is 1. The van der Waals surface area contributed by atoms with Gasteiger partial charge in [0, 0.05) is 19.6 Å². The maximum absolute atomic E-state index is 12.2. The average molecular weight is 423 g/mol. The van der Waals surface area contributed by atoms with E-state index >= 15 is 0 Å². The first-order valence-electron chi connectivity index (χ1n) is 10.8. The van der Waals surface area contributed by atoms with E-state index < -0.39 is 14.6 Å². The lowest BCUT2D eigenvalue weighted by molar-refractivity contribution is 0.221. The highest BCUT2D eigenvalue weighted by atomic mass is 32.2. The van der Waals surface area contributed by atoms with E-state index in [9.17, 15) is 8.42 Å². The summed E-state index contributed by atoms with van der Waals surface area (Å²) in [5.74, 6) is 0.737. The summed E-state index contributed by atoms with van der Waals surface area (Å²) in [5, 5.41) is 6.32. The Kier molecular flexibility index (Phi) is 8.96. The molecule has 0 amide bonds. The molecule has 2 N–H and O–H groups in total. The number of hydrogen-bond acceptors (Lipinski definition) is 4. The second-order valence-corrected chi connectivity index (χ2v) is 11.6. The fourth-order valence-corrected chi connectivity index (χ4v) is 4.23. The summed E-state index contributed by atoms with van der Waals surface area (Å²) in [5.41, 5.74) is 2.49. The van der Waals surface area contributed by atoms with Crippen LogP contribution in [0.25, 0.3) is 0 Å². The number of hydrogen-bond donors (Lipinski definition) is 2. The minimum atomic E-state index is -3.14. The Balaban J connectivity index is 1.87. The SMILES string of the molecule is CCNC(=NCc1ccc(CN2CCCCC2)cc1)NCCS(=O)(=O)C(C)(C)C. The predicted octanol–water partition coefficient (Wildman–Crippen LogP) is 2.94. The Morgan fingerprint density at radius 3 is 2.24 bits per heavy atom. The van der Waals surface area contributed by atoms with E-state index in [-0.39, 0.29) is 5.75 Å². The van der Waals surface area contributed by atoms with Crippen molar-refractivity contribution >= 4 is 15.8 Å². The van der Waals surface area contributed by atoms with Crippen molar-refractivity contribution in [2.75, 3.05) is 31.9 Å². The molecule has 0 unspecified atom stereocenters. The first kappa shape index (κ1) is 23.7. The fraction of sp³-hybridized carbons (Fsp3) is 0.682. The maximum Gasteiger partial charge on any atom is 0.191 e. The van der Waals surface area contributed by atoms with Crippen molar-refractivity contribution in [2.45, 2.75) is 64.8 Å². The maximum atomic E-state index is 12.2. The van der Waals surface area contributed by atoms with Crippen LogP contribution in [0, 0.1) is 0 Å². The molecule has 2 rings (SSSR count). The van der Waals surface area contributed by atoms with Gasteiger partial charge in [0.25, 0.3) is 0 Å². The molecule has 1 heterocycles. The van der Waals surface area contributed by atoms with Crippen LogP contribution in [-0.4, -0.2) is 56.0 Å². The van der Waals surface area contributed by atoms with Gasteiger partial charge in [-0.05, 0) is 64.8 Å². The molecule has 0 saturated carbocycles. The first-order valence-corrected chi connectivity index (χ1v) is 12.4. The van der Waals surface area contributed by atoms with Gasteiger partial charge in [0.1, 0.15) is 0 Å². The van der Waals surface area contributed by atoms with Gasteiger partial charge < -0.3 is 10.6 Å². The molecule has 0 spiro atoms. The normalized spacial score (nSPS) is 16.6. The summed E-state index contributed by atoms with van der Waals surface area (Å²) in [7, 11) is -3.14. The Morgan fingerprint density at radius 1 is 1.03 bits per heavy atom. The molecule has 1 aromatic carbocycles. The third kappa shape index (κ3) is 7.97. The quantitative estimate of drug-likeness (QED) is 0.498. The monoisotopic (exact) mass is 422 g/mol. The van der Waals surface area contributed by atoms with Crippen molar-refractivity contribution < 1.29 is 8.42 Å². The first-order chi connectivity index (χ1) is 13.7. The molecule has 1 aliphatic rings. The number of aliphatic imine (C=N–C) groups is 1. The van der Waals surface area contributed by atoms with Gasteiger partial charge in [-0.2, -0.15) is 0 Å². The predicted molar refractivity (Wildman–Crippen MR) is 122 cm³/mol. The molecule has 1 aromatic rings. The lowest BCUT2D eigenvalue weighted by Crippen LogP contribution is -2.41. The molecule has 29 heavy (non-hydrogen) atoms. The highest BCUT2D eigenvalue weighted by Gasteiger charge is 2.28. The Bertz CT molecular complexity index is 746. The fourth-order valence-electron chi connectivity index (χ4n) is 3.25. The second-order valence-electron chi connectivity index (χ2n) is 8.71. The van der Waals surface area contributed by atoms with Gasteiger partial charge in [-0.3, -0.25) is 4.90 Å². The number of piperidine rings is 1. The Hall–Kier alpha value is -1.60. The summed E-state index contributed by atoms with van der Waals surface area (Å²) >= 11 is 0. The van der Waals surface area contributed by atoms with Crippen molar-refractivity contribution in [3.8, 4) is 0 Å². The third-order valence-electron chi connectivity index (χ3n) is 5.24. The molecule has 1 saturated heterocycles. The van der Waals surface area contributed by atoms with E-state index in [0.717, 1.165) is 18.7 Å². The average Bonchev–Trinajstić information content (AvgIpc) is 2.67. The highest BCUT2D eigenvalue weighted by Crippen LogP contribution is 2.15. The summed E-state index contributed by atoms with van der Waals surface area (Å²) < 4.78 is 23.7. The van der Waals surface area contributed by atoms with Crippen LogP contribution in [0.3, 0.4) is 0 Å². The van der Waals surface area contributed by atoms with Gasteiger partial charge in [0.2, 0.25) is 0 Å². The van der Waals surface area contributed by atoms with Crippen LogP contribution in [0.1, 0.15) is 58.1 Å². The summed E-state index contributed by atoms with van der Waals surface area (Å²) in [6.07, 6.45) is 3.98. The lowest BCUT2D eigenvalue weighted by Gasteiger charge is -2.26. The number of nitrogens with zero attached hydrogens (tertiary/aromatic N) is 2. The summed E-state index contributed by atoms with van der Waals surface area (Å²) in [4.78, 5) is 7.12. The van der Waals surface area contributed by atoms with E-state index in [1.54, 1.807) is 20.8 Å². The van der Waals surface area contributed by atoms with Crippen LogP contribution in [0.2, 0.25) is 0 Å². The van der Waals surface area contributed by atoms with Gasteiger partial charge in [-0.15, -0.1) is 0 Å². The van der Waals surface area contributed by atoms with Crippen molar-refractivity contribution in [1.82, 2.24) is 15.5 Å². The van der Waals surface area contributed by atoms with E-state index in [1.165, 1.54) is 37.9 Å². The topological polar surface area (TPSA) is 73.8 Å². The van der Waals surface area contributed by atoms with Gasteiger partial charge in [-0.25, -0.2) is 13.4 Å². The van der Waals surface area contributed by atoms with E-state index in [4.69, 9.17) is 0 Å². The minimum absolute atomic E-state index is 0.0894. The minimum Gasteiger partial charge on any atom is -0.357 e. The van der Waals surface area contributed by atoms with Gasteiger partial charge >= 0.3 is 0 Å². The third-order valence-corrected chi connectivity index (χ3v) is 7.85. The smallest absolute Gasteiger partial charge is 0.191 e. The lowest BCUT2D eigenvalue weighted by atomic mass is 10.1. The zero-order valence-corrected chi connectivity index (χ0v) is 19.3. The zero-order chi connectivity index (χ0) is 21.3. The summed E-state index contributed by atoms with van der Waals surface area (Å²) in [6, 6.07) is 8.65. The molecule has 0 bridgehead atoms. The van der Waals surface area contributed by atoms with E-state index in [2.05, 4.69) is 44.8 Å². The van der Waals surface area contributed by atoms with Gasteiger partial charge in [0.05, 0.1) is 17.0 Å². The van der Waals surface area contributed by atoms with Crippen LogP contribution in [0.5, 0.6) is 0 Å². The zero-order valence-electron chi connectivity index (χ0n) is 18.5. The van der Waals surface area contributed by atoms with Crippen LogP contribution in [0.4, 0.5) is 0 Å². The number of nitrogens with one attached hydrogen (secondary N) is 2. The molecular weight excluding hydrogens is 384 g/mol.